The van der Waals surface area contributed by atoms with Gasteiger partial charge in [-0.25, -0.2) is 9.96 Å². The molecule has 0 saturated carbocycles. The zero-order valence-electron chi connectivity index (χ0n) is 17.8. The Kier molecular flexibility index (Phi) is 5.14. The third-order valence-corrected chi connectivity index (χ3v) is 6.15. The van der Waals surface area contributed by atoms with Gasteiger partial charge in [0.15, 0.2) is 6.10 Å². The number of imide groups is 1. The lowest BCUT2D eigenvalue weighted by molar-refractivity contribution is -0.384. The number of hydrogen-bond acceptors (Lipinski definition) is 6. The highest BCUT2D eigenvalue weighted by Crippen LogP contribution is 2.47. The first-order chi connectivity index (χ1) is 16.0. The number of carbonyl (C=O) groups is 2. The molecule has 0 aliphatic carbocycles. The van der Waals surface area contributed by atoms with Crippen LogP contribution in [0.4, 0.5) is 17.1 Å². The van der Waals surface area contributed by atoms with Crippen molar-refractivity contribution in [1.29, 1.82) is 0 Å². The average molecular weight is 443 g/mol. The smallest absolute Gasteiger partial charge is 0.269 e. The summed E-state index contributed by atoms with van der Waals surface area (Å²) >= 11 is 0. The molecule has 8 heteroatoms. The van der Waals surface area contributed by atoms with Crippen molar-refractivity contribution in [2.75, 3.05) is 9.96 Å². The predicted octanol–water partition coefficient (Wildman–Crippen LogP) is 4.21. The van der Waals surface area contributed by atoms with Crippen LogP contribution in [-0.4, -0.2) is 22.8 Å². The highest BCUT2D eigenvalue weighted by molar-refractivity contribution is 6.23. The van der Waals surface area contributed by atoms with Gasteiger partial charge in [0.2, 0.25) is 5.91 Å². The summed E-state index contributed by atoms with van der Waals surface area (Å²) in [6.45, 7) is 2.03. The Morgan fingerprint density at radius 3 is 2.30 bits per heavy atom. The second-order valence-electron chi connectivity index (χ2n) is 8.04. The molecule has 3 aromatic carbocycles. The number of rotatable bonds is 5. The van der Waals surface area contributed by atoms with Gasteiger partial charge in [0.1, 0.15) is 5.92 Å². The van der Waals surface area contributed by atoms with E-state index in [4.69, 9.17) is 4.84 Å². The molecular weight excluding hydrogens is 422 g/mol. The number of non-ortho nitro benzene ring substituents is 1. The second-order valence-corrected chi connectivity index (χ2v) is 8.04. The molecule has 0 aromatic heterocycles. The van der Waals surface area contributed by atoms with Crippen molar-refractivity contribution in [2.45, 2.75) is 25.5 Å². The maximum atomic E-state index is 13.6. The van der Waals surface area contributed by atoms with E-state index in [0.717, 1.165) is 12.0 Å². The molecule has 2 aliphatic heterocycles. The quantitative estimate of drug-likeness (QED) is 0.333. The summed E-state index contributed by atoms with van der Waals surface area (Å²) in [7, 11) is 0. The lowest BCUT2D eigenvalue weighted by Gasteiger charge is -2.28. The Hall–Kier alpha value is -4.04. The van der Waals surface area contributed by atoms with Gasteiger partial charge in [0.25, 0.3) is 11.6 Å². The number of hydrogen-bond donors (Lipinski definition) is 0. The molecule has 2 heterocycles. The van der Waals surface area contributed by atoms with Crippen LogP contribution >= 0.6 is 0 Å². The third-order valence-electron chi connectivity index (χ3n) is 6.15. The number of carbonyl (C=O) groups excluding carboxylic acids is 2. The SMILES string of the molecule is CCc1ccc(N2C(=O)C3ON(c4ccccc4)C(c4cccc([N+](=O)[O-])c4)C3C2=O)cc1. The predicted molar refractivity (Wildman–Crippen MR) is 121 cm³/mol. The van der Waals surface area contributed by atoms with E-state index in [1.165, 1.54) is 22.1 Å². The maximum Gasteiger partial charge on any atom is 0.269 e. The molecule has 0 N–H and O–H groups in total. The number of aryl methyl sites for hydroxylation is 1. The van der Waals surface area contributed by atoms with Crippen molar-refractivity contribution in [1.82, 2.24) is 0 Å². The van der Waals surface area contributed by atoms with Crippen LogP contribution in [0.1, 0.15) is 24.1 Å². The summed E-state index contributed by atoms with van der Waals surface area (Å²) in [6, 6.07) is 21.8. The lowest BCUT2D eigenvalue weighted by Crippen LogP contribution is -2.37. The van der Waals surface area contributed by atoms with Gasteiger partial charge in [-0.2, -0.15) is 0 Å². The molecule has 8 nitrogen and oxygen atoms in total. The first-order valence-corrected chi connectivity index (χ1v) is 10.7. The molecule has 3 unspecified atom stereocenters. The number of benzene rings is 3. The van der Waals surface area contributed by atoms with E-state index in [1.54, 1.807) is 24.3 Å². The summed E-state index contributed by atoms with van der Waals surface area (Å²) in [5.41, 5.74) is 2.68. The number of para-hydroxylation sites is 1. The fraction of sp³-hybridized carbons (Fsp3) is 0.200. The minimum absolute atomic E-state index is 0.0901. The molecule has 3 aromatic rings. The Labute approximate surface area is 190 Å². The molecule has 0 radical (unpaired) electrons. The zero-order chi connectivity index (χ0) is 23.1. The number of nitrogens with zero attached hydrogens (tertiary/aromatic N) is 3. The van der Waals surface area contributed by atoms with Crippen LogP contribution in [0.15, 0.2) is 78.9 Å². The second kappa shape index (κ2) is 8.14. The van der Waals surface area contributed by atoms with Gasteiger partial charge >= 0.3 is 0 Å². The van der Waals surface area contributed by atoms with Gasteiger partial charge < -0.3 is 0 Å². The molecule has 33 heavy (non-hydrogen) atoms. The molecular formula is C25H21N3O5. The van der Waals surface area contributed by atoms with Gasteiger partial charge in [0, 0.05) is 12.1 Å². The molecule has 2 saturated heterocycles. The van der Waals surface area contributed by atoms with E-state index < -0.39 is 28.9 Å². The number of amides is 2. The molecule has 0 bridgehead atoms. The normalized spacial score (nSPS) is 22.0. The Balaban J connectivity index is 1.58. The number of nitro benzene ring substituents is 1. The fourth-order valence-electron chi connectivity index (χ4n) is 4.51. The topological polar surface area (TPSA) is 93.0 Å². The van der Waals surface area contributed by atoms with E-state index in [0.29, 0.717) is 16.9 Å². The first kappa shape index (κ1) is 20.8. The van der Waals surface area contributed by atoms with Crippen LogP contribution in [0, 0.1) is 16.0 Å². The largest absolute Gasteiger partial charge is 0.273 e. The van der Waals surface area contributed by atoms with Crippen molar-refractivity contribution in [3.8, 4) is 0 Å². The molecule has 5 rings (SSSR count). The fourth-order valence-corrected chi connectivity index (χ4v) is 4.51. The van der Waals surface area contributed by atoms with Crippen molar-refractivity contribution in [3.05, 3.63) is 100 Å². The molecule has 2 aliphatic rings. The van der Waals surface area contributed by atoms with E-state index in [1.807, 2.05) is 49.4 Å². The summed E-state index contributed by atoms with van der Waals surface area (Å²) in [5, 5.41) is 12.9. The van der Waals surface area contributed by atoms with Gasteiger partial charge in [-0.15, -0.1) is 0 Å². The van der Waals surface area contributed by atoms with Crippen molar-refractivity contribution in [2.24, 2.45) is 5.92 Å². The number of anilines is 2. The van der Waals surface area contributed by atoms with Crippen LogP contribution in [0.2, 0.25) is 0 Å². The molecule has 2 amide bonds. The summed E-state index contributed by atoms with van der Waals surface area (Å²) < 4.78 is 0. The molecule has 0 spiro atoms. The van der Waals surface area contributed by atoms with E-state index in [2.05, 4.69) is 0 Å². The Bertz CT molecular complexity index is 1230. The monoisotopic (exact) mass is 443 g/mol. The van der Waals surface area contributed by atoms with E-state index in [-0.39, 0.29) is 11.6 Å². The number of hydroxylamine groups is 1. The van der Waals surface area contributed by atoms with Gasteiger partial charge in [-0.3, -0.25) is 24.5 Å². The first-order valence-electron chi connectivity index (χ1n) is 10.7. The van der Waals surface area contributed by atoms with E-state index in [9.17, 15) is 19.7 Å². The van der Waals surface area contributed by atoms with Gasteiger partial charge in [-0.05, 0) is 41.8 Å². The lowest BCUT2D eigenvalue weighted by atomic mass is 9.90. The highest BCUT2D eigenvalue weighted by Gasteiger charge is 2.60. The Morgan fingerprint density at radius 1 is 0.909 bits per heavy atom. The minimum atomic E-state index is -1.02. The average Bonchev–Trinajstić information content (AvgIpc) is 3.36. The van der Waals surface area contributed by atoms with Crippen molar-refractivity contribution in [3.63, 3.8) is 0 Å². The maximum absolute atomic E-state index is 13.6. The highest BCUT2D eigenvalue weighted by atomic mass is 16.7. The molecule has 3 atom stereocenters. The molecule has 2 fully saturated rings. The summed E-state index contributed by atoms with van der Waals surface area (Å²) in [4.78, 5) is 45.1. The van der Waals surface area contributed by atoms with Gasteiger partial charge in [0.05, 0.1) is 22.3 Å². The van der Waals surface area contributed by atoms with Crippen LogP contribution in [0.5, 0.6) is 0 Å². The summed E-state index contributed by atoms with van der Waals surface area (Å²) in [6.07, 6.45) is -0.176. The standard InChI is InChI=1S/C25H21N3O5/c1-2-16-11-13-18(14-12-16)26-24(29)21-22(17-7-6-10-20(15-17)28(31)32)27(33-23(21)25(26)30)19-8-4-3-5-9-19/h3-15,21-23H,2H2,1H3. The minimum Gasteiger partial charge on any atom is -0.273 e. The third kappa shape index (κ3) is 3.44. The summed E-state index contributed by atoms with van der Waals surface area (Å²) in [5.74, 6) is -1.67. The van der Waals surface area contributed by atoms with Crippen LogP contribution in [0.25, 0.3) is 0 Å². The van der Waals surface area contributed by atoms with Crippen LogP contribution in [0.3, 0.4) is 0 Å². The zero-order valence-corrected chi connectivity index (χ0v) is 17.8. The van der Waals surface area contributed by atoms with Crippen LogP contribution in [-0.2, 0) is 20.8 Å². The van der Waals surface area contributed by atoms with Crippen LogP contribution < -0.4 is 9.96 Å². The Morgan fingerprint density at radius 2 is 1.64 bits per heavy atom. The number of fused-ring (bicyclic) bond motifs is 1. The van der Waals surface area contributed by atoms with E-state index >= 15 is 0 Å². The number of nitro groups is 1. The van der Waals surface area contributed by atoms with Crippen molar-refractivity contribution < 1.29 is 19.3 Å². The molecule has 166 valence electrons. The van der Waals surface area contributed by atoms with Crippen molar-refractivity contribution >= 4 is 28.9 Å². The van der Waals surface area contributed by atoms with Gasteiger partial charge in [-0.1, -0.05) is 49.4 Å².